The molecule has 1 aromatic carbocycles. The lowest BCUT2D eigenvalue weighted by Crippen LogP contribution is -2.43. The number of nitrogens with zero attached hydrogens (tertiary/aromatic N) is 1. The number of Topliss-reactive ketones (excluding diaryl/α,β-unsaturated/α-hetero) is 1. The molecular formula is C15H21NO4. The molecule has 1 aromatic rings. The minimum Gasteiger partial charge on any atom is -0.496 e. The summed E-state index contributed by atoms with van der Waals surface area (Å²) in [6.45, 7) is 4.38. The van der Waals surface area contributed by atoms with E-state index in [9.17, 15) is 9.90 Å². The first-order valence-electron chi connectivity index (χ1n) is 6.76. The van der Waals surface area contributed by atoms with Gasteiger partial charge in [-0.1, -0.05) is 0 Å². The molecule has 1 unspecified atom stereocenters. The first kappa shape index (κ1) is 15.0. The predicted octanol–water partition coefficient (Wildman–Crippen LogP) is 1.09. The second-order valence-electron chi connectivity index (χ2n) is 4.99. The third-order valence-electron chi connectivity index (χ3n) is 3.51. The van der Waals surface area contributed by atoms with Gasteiger partial charge < -0.3 is 14.6 Å². The molecule has 0 aromatic heterocycles. The van der Waals surface area contributed by atoms with E-state index in [4.69, 9.17) is 9.47 Å². The van der Waals surface area contributed by atoms with Gasteiger partial charge in [-0.2, -0.15) is 0 Å². The highest BCUT2D eigenvalue weighted by Crippen LogP contribution is 2.23. The maximum atomic E-state index is 11.5. The molecule has 1 saturated heterocycles. The third kappa shape index (κ3) is 3.56. The smallest absolute Gasteiger partial charge is 0.159 e. The zero-order valence-corrected chi connectivity index (χ0v) is 12.0. The summed E-state index contributed by atoms with van der Waals surface area (Å²) in [6.07, 6.45) is -0.134. The van der Waals surface area contributed by atoms with E-state index in [0.717, 1.165) is 17.9 Å². The molecule has 0 spiro atoms. The van der Waals surface area contributed by atoms with Crippen LogP contribution in [0.25, 0.3) is 0 Å². The van der Waals surface area contributed by atoms with E-state index >= 15 is 0 Å². The van der Waals surface area contributed by atoms with Crippen molar-refractivity contribution in [3.8, 4) is 5.75 Å². The average molecular weight is 279 g/mol. The topological polar surface area (TPSA) is 59.0 Å². The van der Waals surface area contributed by atoms with Crippen LogP contribution in [0.3, 0.4) is 0 Å². The highest BCUT2D eigenvalue weighted by Gasteiger charge is 2.21. The molecule has 0 saturated carbocycles. The maximum absolute atomic E-state index is 11.5. The minimum absolute atomic E-state index is 0.0289. The van der Waals surface area contributed by atoms with Gasteiger partial charge in [-0.25, -0.2) is 0 Å². The molecule has 0 radical (unpaired) electrons. The molecule has 1 heterocycles. The van der Waals surface area contributed by atoms with Crippen molar-refractivity contribution in [2.45, 2.75) is 19.6 Å². The van der Waals surface area contributed by atoms with Crippen LogP contribution in [0.5, 0.6) is 5.75 Å². The number of benzene rings is 1. The Balaban J connectivity index is 2.14. The second-order valence-corrected chi connectivity index (χ2v) is 4.99. The number of methoxy groups -OCH3 is 1. The Morgan fingerprint density at radius 3 is 3.00 bits per heavy atom. The molecule has 1 atom stereocenters. The molecular weight excluding hydrogens is 258 g/mol. The summed E-state index contributed by atoms with van der Waals surface area (Å²) in [7, 11) is 1.63. The fourth-order valence-corrected chi connectivity index (χ4v) is 2.40. The van der Waals surface area contributed by atoms with Crippen molar-refractivity contribution in [1.82, 2.24) is 4.90 Å². The van der Waals surface area contributed by atoms with Crippen molar-refractivity contribution in [3.63, 3.8) is 0 Å². The summed E-state index contributed by atoms with van der Waals surface area (Å²) >= 11 is 0. The van der Waals surface area contributed by atoms with E-state index in [1.165, 1.54) is 0 Å². The molecule has 1 aliphatic rings. The standard InChI is InChI=1S/C15H21NO4/c1-11(18)12-3-4-15(19-2)13(7-12)8-16-5-6-20-14(9-16)10-17/h3-4,7,14,17H,5-6,8-10H2,1-2H3. The normalized spacial score (nSPS) is 19.9. The van der Waals surface area contributed by atoms with E-state index in [2.05, 4.69) is 4.90 Å². The molecule has 0 aliphatic carbocycles. The number of ketones is 1. The highest BCUT2D eigenvalue weighted by molar-refractivity contribution is 5.94. The van der Waals surface area contributed by atoms with E-state index in [1.54, 1.807) is 20.1 Å². The second kappa shape index (κ2) is 6.83. The number of aliphatic hydroxyl groups is 1. The van der Waals surface area contributed by atoms with Crippen molar-refractivity contribution < 1.29 is 19.4 Å². The Morgan fingerprint density at radius 1 is 1.55 bits per heavy atom. The Morgan fingerprint density at radius 2 is 2.35 bits per heavy atom. The SMILES string of the molecule is COc1ccc(C(C)=O)cc1CN1CCOC(CO)C1. The zero-order valence-electron chi connectivity index (χ0n) is 12.0. The van der Waals surface area contributed by atoms with Crippen LogP contribution >= 0.6 is 0 Å². The molecule has 5 nitrogen and oxygen atoms in total. The van der Waals surface area contributed by atoms with Crippen LogP contribution in [-0.4, -0.2) is 55.3 Å². The number of carbonyl (C=O) groups excluding carboxylic acids is 1. The van der Waals surface area contributed by atoms with Crippen molar-refractivity contribution in [2.75, 3.05) is 33.4 Å². The van der Waals surface area contributed by atoms with Crippen LogP contribution in [0, 0.1) is 0 Å². The molecule has 1 N–H and O–H groups in total. The first-order valence-corrected chi connectivity index (χ1v) is 6.76. The van der Waals surface area contributed by atoms with E-state index in [0.29, 0.717) is 25.3 Å². The van der Waals surface area contributed by atoms with Crippen molar-refractivity contribution in [3.05, 3.63) is 29.3 Å². The summed E-state index contributed by atoms with van der Waals surface area (Å²) in [5.41, 5.74) is 1.67. The van der Waals surface area contributed by atoms with E-state index in [-0.39, 0.29) is 18.5 Å². The lowest BCUT2D eigenvalue weighted by molar-refractivity contribution is -0.0552. The molecule has 1 fully saturated rings. The van der Waals surface area contributed by atoms with Crippen LogP contribution in [0.1, 0.15) is 22.8 Å². The van der Waals surface area contributed by atoms with Gasteiger partial charge in [-0.3, -0.25) is 9.69 Å². The quantitative estimate of drug-likeness (QED) is 0.818. The minimum atomic E-state index is -0.134. The van der Waals surface area contributed by atoms with Gasteiger partial charge in [-0.05, 0) is 25.1 Å². The van der Waals surface area contributed by atoms with Gasteiger partial charge in [0.2, 0.25) is 0 Å². The number of ether oxygens (including phenoxy) is 2. The Kier molecular flexibility index (Phi) is 5.11. The number of morpholine rings is 1. The largest absolute Gasteiger partial charge is 0.496 e. The van der Waals surface area contributed by atoms with E-state index in [1.807, 2.05) is 12.1 Å². The van der Waals surface area contributed by atoms with Crippen molar-refractivity contribution in [2.24, 2.45) is 0 Å². The Hall–Kier alpha value is -1.43. The molecule has 0 amide bonds. The number of aliphatic hydroxyl groups excluding tert-OH is 1. The van der Waals surface area contributed by atoms with Gasteiger partial charge in [0.15, 0.2) is 5.78 Å². The molecule has 1 aliphatic heterocycles. The molecule has 110 valence electrons. The van der Waals surface area contributed by atoms with Gasteiger partial charge in [0.25, 0.3) is 0 Å². The van der Waals surface area contributed by atoms with Crippen molar-refractivity contribution in [1.29, 1.82) is 0 Å². The third-order valence-corrected chi connectivity index (χ3v) is 3.51. The molecule has 5 heteroatoms. The average Bonchev–Trinajstić information content (AvgIpc) is 2.47. The fraction of sp³-hybridized carbons (Fsp3) is 0.533. The highest BCUT2D eigenvalue weighted by atomic mass is 16.5. The first-order chi connectivity index (χ1) is 9.63. The van der Waals surface area contributed by atoms with Gasteiger partial charge in [-0.15, -0.1) is 0 Å². The Labute approximate surface area is 119 Å². The monoisotopic (exact) mass is 279 g/mol. The number of carbonyl (C=O) groups is 1. The number of hydrogen-bond acceptors (Lipinski definition) is 5. The van der Waals surface area contributed by atoms with Crippen LogP contribution in [0.4, 0.5) is 0 Å². The molecule has 0 bridgehead atoms. The lowest BCUT2D eigenvalue weighted by Gasteiger charge is -2.32. The van der Waals surface area contributed by atoms with Gasteiger partial charge >= 0.3 is 0 Å². The van der Waals surface area contributed by atoms with Crippen LogP contribution in [0.15, 0.2) is 18.2 Å². The van der Waals surface area contributed by atoms with Crippen LogP contribution in [0.2, 0.25) is 0 Å². The molecule has 20 heavy (non-hydrogen) atoms. The van der Waals surface area contributed by atoms with Crippen LogP contribution in [-0.2, 0) is 11.3 Å². The summed E-state index contributed by atoms with van der Waals surface area (Å²) in [5.74, 6) is 0.825. The van der Waals surface area contributed by atoms with E-state index < -0.39 is 0 Å². The number of hydrogen-bond donors (Lipinski definition) is 1. The maximum Gasteiger partial charge on any atom is 0.159 e. The Bertz CT molecular complexity index is 475. The van der Waals surface area contributed by atoms with Crippen LogP contribution < -0.4 is 4.74 Å². The van der Waals surface area contributed by atoms with Gasteiger partial charge in [0.1, 0.15) is 5.75 Å². The fourth-order valence-electron chi connectivity index (χ4n) is 2.40. The zero-order chi connectivity index (χ0) is 14.5. The lowest BCUT2D eigenvalue weighted by atomic mass is 10.1. The van der Waals surface area contributed by atoms with Gasteiger partial charge in [0, 0.05) is 30.8 Å². The summed E-state index contributed by atoms with van der Waals surface area (Å²) in [6, 6.07) is 5.49. The summed E-state index contributed by atoms with van der Waals surface area (Å²) < 4.78 is 10.8. The number of rotatable bonds is 5. The summed E-state index contributed by atoms with van der Waals surface area (Å²) in [5, 5.41) is 9.17. The summed E-state index contributed by atoms with van der Waals surface area (Å²) in [4.78, 5) is 13.7. The molecule has 2 rings (SSSR count). The predicted molar refractivity (Wildman–Crippen MR) is 75.1 cm³/mol. The van der Waals surface area contributed by atoms with Crippen molar-refractivity contribution >= 4 is 5.78 Å². The van der Waals surface area contributed by atoms with Gasteiger partial charge in [0.05, 0.1) is 26.4 Å².